The lowest BCUT2D eigenvalue weighted by atomic mass is 10.1. The zero-order valence-corrected chi connectivity index (χ0v) is 19.9. The number of methoxy groups -OCH3 is 1. The molecule has 0 aliphatic rings. The minimum absolute atomic E-state index is 0.0750. The molecular formula is C27H25NO8. The molecule has 0 saturated heterocycles. The number of esters is 2. The maximum absolute atomic E-state index is 13.1. The van der Waals surface area contributed by atoms with Crippen LogP contribution in [0.15, 0.2) is 72.8 Å². The number of aliphatic carboxylic acids is 1. The van der Waals surface area contributed by atoms with E-state index in [4.69, 9.17) is 14.2 Å². The summed E-state index contributed by atoms with van der Waals surface area (Å²) in [6, 6.07) is 18.7. The molecule has 3 rings (SSSR count). The summed E-state index contributed by atoms with van der Waals surface area (Å²) >= 11 is 0. The van der Waals surface area contributed by atoms with Crippen molar-refractivity contribution in [3.05, 3.63) is 95.1 Å². The molecule has 186 valence electrons. The van der Waals surface area contributed by atoms with Crippen molar-refractivity contribution in [1.29, 1.82) is 0 Å². The standard InChI is InChI=1S/C27H25NO8/c1-16-4-8-18(9-5-16)26(32)35-22(24(29)28-20-12-14-21(34-3)15-13-20)23(25(30)31)36-27(33)19-10-6-17(2)7-11-19/h4-15,22-23H,1-3H3,(H,28,29)(H,30,31)/t22-,23-/m1/s1. The number of carbonyl (C=O) groups is 4. The van der Waals surface area contributed by atoms with Crippen molar-refractivity contribution in [2.45, 2.75) is 26.1 Å². The molecule has 3 aromatic rings. The normalized spacial score (nSPS) is 12.1. The lowest BCUT2D eigenvalue weighted by Gasteiger charge is -2.23. The quantitative estimate of drug-likeness (QED) is 0.433. The lowest BCUT2D eigenvalue weighted by Crippen LogP contribution is -2.48. The Bertz CT molecular complexity index is 1230. The van der Waals surface area contributed by atoms with E-state index in [-0.39, 0.29) is 16.8 Å². The van der Waals surface area contributed by atoms with E-state index < -0.39 is 36.0 Å². The Morgan fingerprint density at radius 3 is 1.56 bits per heavy atom. The molecule has 0 aliphatic heterocycles. The SMILES string of the molecule is COc1ccc(NC(=O)[C@H](OC(=O)c2ccc(C)cc2)[C@@H](OC(=O)c2ccc(C)cc2)C(=O)O)cc1. The summed E-state index contributed by atoms with van der Waals surface area (Å²) in [6.45, 7) is 3.64. The van der Waals surface area contributed by atoms with Crippen LogP contribution in [0.3, 0.4) is 0 Å². The first-order chi connectivity index (χ1) is 17.2. The summed E-state index contributed by atoms with van der Waals surface area (Å²) in [5.41, 5.74) is 2.22. The number of carboxylic acid groups (broad SMARTS) is 1. The van der Waals surface area contributed by atoms with Gasteiger partial charge in [0.2, 0.25) is 12.2 Å². The van der Waals surface area contributed by atoms with Crippen molar-refractivity contribution in [2.24, 2.45) is 0 Å². The van der Waals surface area contributed by atoms with E-state index in [1.807, 2.05) is 13.8 Å². The van der Waals surface area contributed by atoms with E-state index in [1.54, 1.807) is 36.4 Å². The van der Waals surface area contributed by atoms with Crippen molar-refractivity contribution >= 4 is 29.5 Å². The predicted octanol–water partition coefficient (Wildman–Crippen LogP) is 3.79. The molecule has 0 heterocycles. The third-order valence-corrected chi connectivity index (χ3v) is 5.18. The number of anilines is 1. The van der Waals surface area contributed by atoms with Crippen LogP contribution in [0.4, 0.5) is 5.69 Å². The van der Waals surface area contributed by atoms with Gasteiger partial charge in [-0.2, -0.15) is 0 Å². The largest absolute Gasteiger partial charge is 0.497 e. The number of hydrogen-bond acceptors (Lipinski definition) is 7. The van der Waals surface area contributed by atoms with Gasteiger partial charge in [0, 0.05) is 5.69 Å². The van der Waals surface area contributed by atoms with Gasteiger partial charge in [-0.15, -0.1) is 0 Å². The Labute approximate surface area is 207 Å². The number of hydrogen-bond donors (Lipinski definition) is 2. The summed E-state index contributed by atoms with van der Waals surface area (Å²) in [4.78, 5) is 50.6. The maximum atomic E-state index is 13.1. The van der Waals surface area contributed by atoms with Gasteiger partial charge >= 0.3 is 17.9 Å². The average molecular weight is 491 g/mol. The molecule has 9 nitrogen and oxygen atoms in total. The van der Waals surface area contributed by atoms with Crippen LogP contribution >= 0.6 is 0 Å². The molecule has 0 fully saturated rings. The number of carboxylic acids is 1. The van der Waals surface area contributed by atoms with Crippen LogP contribution in [0, 0.1) is 13.8 Å². The Morgan fingerprint density at radius 2 is 1.14 bits per heavy atom. The molecule has 0 saturated carbocycles. The topological polar surface area (TPSA) is 128 Å². The number of nitrogens with one attached hydrogen (secondary N) is 1. The maximum Gasteiger partial charge on any atom is 0.349 e. The number of amides is 1. The van der Waals surface area contributed by atoms with Crippen molar-refractivity contribution in [2.75, 3.05) is 12.4 Å². The number of benzene rings is 3. The first-order valence-corrected chi connectivity index (χ1v) is 10.9. The van der Waals surface area contributed by atoms with E-state index in [2.05, 4.69) is 5.32 Å². The molecule has 2 N–H and O–H groups in total. The molecule has 0 bridgehead atoms. The van der Waals surface area contributed by atoms with Crippen LogP contribution in [0.2, 0.25) is 0 Å². The summed E-state index contributed by atoms with van der Waals surface area (Å²) in [6.07, 6.45) is -4.11. The fraction of sp³-hybridized carbons (Fsp3) is 0.185. The Kier molecular flexibility index (Phi) is 8.40. The molecule has 9 heteroatoms. The van der Waals surface area contributed by atoms with Crippen LogP contribution in [0.1, 0.15) is 31.8 Å². The summed E-state index contributed by atoms with van der Waals surface area (Å²) in [7, 11) is 1.48. The van der Waals surface area contributed by atoms with Gasteiger partial charge < -0.3 is 24.6 Å². The molecule has 2 atom stereocenters. The second kappa shape index (κ2) is 11.7. The number of aryl methyl sites for hydroxylation is 2. The summed E-state index contributed by atoms with van der Waals surface area (Å²) in [5.74, 6) is -4.07. The van der Waals surface area contributed by atoms with Gasteiger partial charge in [-0.3, -0.25) is 4.79 Å². The zero-order valence-electron chi connectivity index (χ0n) is 19.9. The predicted molar refractivity (Wildman–Crippen MR) is 130 cm³/mol. The number of ether oxygens (including phenoxy) is 3. The van der Waals surface area contributed by atoms with Crippen molar-refractivity contribution < 1.29 is 38.5 Å². The third kappa shape index (κ3) is 6.69. The van der Waals surface area contributed by atoms with Gasteiger partial charge in [0.15, 0.2) is 0 Å². The smallest absolute Gasteiger partial charge is 0.349 e. The molecule has 0 radical (unpaired) electrons. The van der Waals surface area contributed by atoms with E-state index in [9.17, 15) is 24.3 Å². The van der Waals surface area contributed by atoms with E-state index in [0.717, 1.165) is 11.1 Å². The molecule has 36 heavy (non-hydrogen) atoms. The van der Waals surface area contributed by atoms with Gasteiger partial charge in [0.25, 0.3) is 5.91 Å². The molecule has 0 aromatic heterocycles. The highest BCUT2D eigenvalue weighted by molar-refractivity contribution is 6.01. The minimum Gasteiger partial charge on any atom is -0.497 e. The monoisotopic (exact) mass is 491 g/mol. The highest BCUT2D eigenvalue weighted by Crippen LogP contribution is 2.19. The van der Waals surface area contributed by atoms with E-state index in [1.165, 1.54) is 43.5 Å². The molecule has 1 amide bonds. The fourth-order valence-corrected chi connectivity index (χ4v) is 3.13. The Hall–Kier alpha value is -4.66. The fourth-order valence-electron chi connectivity index (χ4n) is 3.13. The van der Waals surface area contributed by atoms with Gasteiger partial charge in [-0.1, -0.05) is 35.4 Å². The Morgan fingerprint density at radius 1 is 0.694 bits per heavy atom. The van der Waals surface area contributed by atoms with Crippen molar-refractivity contribution in [1.82, 2.24) is 0 Å². The first kappa shape index (κ1) is 26.0. The van der Waals surface area contributed by atoms with Crippen LogP contribution in [0.5, 0.6) is 5.75 Å². The van der Waals surface area contributed by atoms with Crippen molar-refractivity contribution in [3.63, 3.8) is 0 Å². The highest BCUT2D eigenvalue weighted by atomic mass is 16.6. The van der Waals surface area contributed by atoms with Gasteiger partial charge in [-0.25, -0.2) is 14.4 Å². The zero-order chi connectivity index (χ0) is 26.2. The van der Waals surface area contributed by atoms with Crippen LogP contribution in [-0.4, -0.2) is 48.2 Å². The minimum atomic E-state index is -2.12. The summed E-state index contributed by atoms with van der Waals surface area (Å²) < 4.78 is 15.5. The van der Waals surface area contributed by atoms with Gasteiger partial charge in [0.1, 0.15) is 5.75 Å². The molecule has 0 aliphatic carbocycles. The van der Waals surface area contributed by atoms with Crippen LogP contribution in [0.25, 0.3) is 0 Å². The van der Waals surface area contributed by atoms with Gasteiger partial charge in [-0.05, 0) is 62.4 Å². The van der Waals surface area contributed by atoms with E-state index >= 15 is 0 Å². The lowest BCUT2D eigenvalue weighted by molar-refractivity contribution is -0.157. The average Bonchev–Trinajstić information content (AvgIpc) is 2.87. The first-order valence-electron chi connectivity index (χ1n) is 10.9. The number of rotatable bonds is 9. The van der Waals surface area contributed by atoms with Crippen LogP contribution < -0.4 is 10.1 Å². The highest BCUT2D eigenvalue weighted by Gasteiger charge is 2.41. The number of carbonyl (C=O) groups excluding carboxylic acids is 3. The molecule has 3 aromatic carbocycles. The summed E-state index contributed by atoms with van der Waals surface area (Å²) in [5, 5.41) is 12.3. The second-order valence-electron chi connectivity index (χ2n) is 7.94. The molecule has 0 spiro atoms. The third-order valence-electron chi connectivity index (χ3n) is 5.18. The molecular weight excluding hydrogens is 466 g/mol. The van der Waals surface area contributed by atoms with Crippen molar-refractivity contribution in [3.8, 4) is 5.75 Å². The molecule has 0 unspecified atom stereocenters. The van der Waals surface area contributed by atoms with E-state index in [0.29, 0.717) is 5.75 Å². The van der Waals surface area contributed by atoms with Gasteiger partial charge in [0.05, 0.1) is 18.2 Å². The van der Waals surface area contributed by atoms with Crippen LogP contribution in [-0.2, 0) is 19.1 Å². The Balaban J connectivity index is 1.89. The second-order valence-corrected chi connectivity index (χ2v) is 7.94.